The monoisotopic (exact) mass is 213 g/mol. The quantitative estimate of drug-likeness (QED) is 0.778. The molecule has 0 radical (unpaired) electrons. The molecule has 0 aliphatic rings. The predicted octanol–water partition coefficient (Wildman–Crippen LogP) is 1.49. The molecular formula is C10H19N3S. The summed E-state index contributed by atoms with van der Waals surface area (Å²) in [5.74, 6) is 0. The Kier molecular flexibility index (Phi) is 5.07. The van der Waals surface area contributed by atoms with Crippen LogP contribution in [0.25, 0.3) is 0 Å². The van der Waals surface area contributed by atoms with Gasteiger partial charge in [0, 0.05) is 11.9 Å². The Hall–Kier alpha value is -0.450. The fourth-order valence-electron chi connectivity index (χ4n) is 1.30. The molecule has 3 nitrogen and oxygen atoms in total. The molecule has 0 unspecified atom stereocenters. The van der Waals surface area contributed by atoms with Gasteiger partial charge in [0.1, 0.15) is 0 Å². The summed E-state index contributed by atoms with van der Waals surface area (Å²) in [6, 6.07) is 0. The maximum Gasteiger partial charge on any atom is 0.0926 e. The van der Waals surface area contributed by atoms with E-state index in [0.717, 1.165) is 32.5 Å². The third kappa shape index (κ3) is 3.74. The van der Waals surface area contributed by atoms with Crippen LogP contribution < -0.4 is 5.73 Å². The number of aromatic nitrogens is 1. The van der Waals surface area contributed by atoms with Gasteiger partial charge in [0.15, 0.2) is 0 Å². The van der Waals surface area contributed by atoms with E-state index in [0.29, 0.717) is 0 Å². The molecule has 1 aromatic heterocycles. The molecule has 1 rings (SSSR count). The molecule has 1 heterocycles. The average Bonchev–Trinajstić information content (AvgIpc) is 2.62. The number of rotatable bonds is 6. The Balaban J connectivity index is 2.35. The first-order valence-electron chi connectivity index (χ1n) is 5.08. The van der Waals surface area contributed by atoms with Crippen molar-refractivity contribution in [2.24, 2.45) is 5.73 Å². The van der Waals surface area contributed by atoms with Crippen LogP contribution in [0.2, 0.25) is 0 Å². The smallest absolute Gasteiger partial charge is 0.0926 e. The Labute approximate surface area is 89.9 Å². The van der Waals surface area contributed by atoms with E-state index in [1.165, 1.54) is 10.7 Å². The maximum absolute atomic E-state index is 5.46. The Morgan fingerprint density at radius 2 is 2.36 bits per heavy atom. The van der Waals surface area contributed by atoms with Crippen LogP contribution in [0, 0.1) is 0 Å². The second-order valence-corrected chi connectivity index (χ2v) is 4.41. The molecule has 80 valence electrons. The molecule has 0 bridgehead atoms. The molecular weight excluding hydrogens is 194 g/mol. The minimum absolute atomic E-state index is 0.765. The van der Waals surface area contributed by atoms with Crippen LogP contribution >= 0.6 is 11.3 Å². The van der Waals surface area contributed by atoms with E-state index in [2.05, 4.69) is 29.2 Å². The number of nitrogens with zero attached hydrogens (tertiary/aromatic N) is 2. The van der Waals surface area contributed by atoms with Gasteiger partial charge in [0.05, 0.1) is 10.7 Å². The van der Waals surface area contributed by atoms with Crippen molar-refractivity contribution in [1.82, 2.24) is 9.88 Å². The molecule has 14 heavy (non-hydrogen) atoms. The lowest BCUT2D eigenvalue weighted by molar-refractivity contribution is 0.321. The van der Waals surface area contributed by atoms with E-state index in [9.17, 15) is 0 Å². The third-order valence-electron chi connectivity index (χ3n) is 2.08. The summed E-state index contributed by atoms with van der Waals surface area (Å²) in [5.41, 5.74) is 6.64. The van der Waals surface area contributed by atoms with Gasteiger partial charge in [-0.1, -0.05) is 6.92 Å². The van der Waals surface area contributed by atoms with E-state index in [1.807, 2.05) is 0 Å². The van der Waals surface area contributed by atoms with Gasteiger partial charge in [-0.25, -0.2) is 4.98 Å². The van der Waals surface area contributed by atoms with Crippen molar-refractivity contribution in [2.75, 3.05) is 20.1 Å². The summed E-state index contributed by atoms with van der Waals surface area (Å²) < 4.78 is 0. The molecule has 0 aromatic carbocycles. The summed E-state index contributed by atoms with van der Waals surface area (Å²) in [7, 11) is 2.11. The largest absolute Gasteiger partial charge is 0.330 e. The fraction of sp³-hybridized carbons (Fsp3) is 0.700. The first-order chi connectivity index (χ1) is 6.76. The zero-order valence-corrected chi connectivity index (χ0v) is 9.81. The fourth-order valence-corrected chi connectivity index (χ4v) is 2.04. The third-order valence-corrected chi connectivity index (χ3v) is 3.12. The van der Waals surface area contributed by atoms with E-state index in [4.69, 9.17) is 5.73 Å². The summed E-state index contributed by atoms with van der Waals surface area (Å²) >= 11 is 1.75. The molecule has 4 heteroatoms. The number of nitrogens with two attached hydrogens (primary N) is 1. The van der Waals surface area contributed by atoms with Crippen LogP contribution in [0.5, 0.6) is 0 Å². The first-order valence-corrected chi connectivity index (χ1v) is 5.96. The lowest BCUT2D eigenvalue weighted by atomic mass is 10.3. The summed E-state index contributed by atoms with van der Waals surface area (Å²) in [4.78, 5) is 6.79. The van der Waals surface area contributed by atoms with Crippen molar-refractivity contribution in [1.29, 1.82) is 0 Å². The lowest BCUT2D eigenvalue weighted by Crippen LogP contribution is -2.21. The Morgan fingerprint density at radius 1 is 1.57 bits per heavy atom. The van der Waals surface area contributed by atoms with E-state index < -0.39 is 0 Å². The predicted molar refractivity (Wildman–Crippen MR) is 61.5 cm³/mol. The number of aryl methyl sites for hydroxylation is 1. The second kappa shape index (κ2) is 6.11. The molecule has 1 aromatic rings. The molecule has 2 N–H and O–H groups in total. The van der Waals surface area contributed by atoms with Crippen LogP contribution in [0.3, 0.4) is 0 Å². The second-order valence-electron chi connectivity index (χ2n) is 3.47. The molecule has 0 aliphatic carbocycles. The summed E-state index contributed by atoms with van der Waals surface area (Å²) in [6.45, 7) is 4.90. The van der Waals surface area contributed by atoms with E-state index in [1.54, 1.807) is 11.3 Å². The van der Waals surface area contributed by atoms with Crippen LogP contribution in [-0.4, -0.2) is 30.0 Å². The van der Waals surface area contributed by atoms with Crippen LogP contribution in [0.1, 0.15) is 24.0 Å². The topological polar surface area (TPSA) is 42.2 Å². The van der Waals surface area contributed by atoms with Crippen molar-refractivity contribution >= 4 is 11.3 Å². The van der Waals surface area contributed by atoms with Crippen molar-refractivity contribution in [3.63, 3.8) is 0 Å². The molecule has 0 spiro atoms. The zero-order chi connectivity index (χ0) is 10.4. The van der Waals surface area contributed by atoms with Gasteiger partial charge < -0.3 is 10.6 Å². The Bertz CT molecular complexity index is 260. The lowest BCUT2D eigenvalue weighted by Gasteiger charge is -2.13. The molecule has 0 atom stereocenters. The van der Waals surface area contributed by atoms with E-state index >= 15 is 0 Å². The highest BCUT2D eigenvalue weighted by Gasteiger charge is 2.03. The van der Waals surface area contributed by atoms with E-state index in [-0.39, 0.29) is 0 Å². The molecule has 0 saturated carbocycles. The highest BCUT2D eigenvalue weighted by Crippen LogP contribution is 2.11. The average molecular weight is 213 g/mol. The van der Waals surface area contributed by atoms with Crippen LogP contribution in [-0.2, 0) is 13.0 Å². The Morgan fingerprint density at radius 3 is 2.93 bits per heavy atom. The molecule has 0 aliphatic heterocycles. The minimum atomic E-state index is 0.765. The van der Waals surface area contributed by atoms with Gasteiger partial charge in [0.2, 0.25) is 0 Å². The van der Waals surface area contributed by atoms with Gasteiger partial charge >= 0.3 is 0 Å². The number of hydrogen-bond acceptors (Lipinski definition) is 4. The van der Waals surface area contributed by atoms with Crippen molar-refractivity contribution in [2.45, 2.75) is 26.3 Å². The zero-order valence-electron chi connectivity index (χ0n) is 8.99. The SMILES string of the molecule is CCc1nc(CN(C)CCCN)cs1. The normalized spacial score (nSPS) is 11.1. The van der Waals surface area contributed by atoms with Gasteiger partial charge in [-0.05, 0) is 33.0 Å². The standard InChI is InChI=1S/C10H19N3S/c1-3-10-12-9(8-14-10)7-13(2)6-4-5-11/h8H,3-7,11H2,1-2H3. The molecule has 0 saturated heterocycles. The first kappa shape index (κ1) is 11.6. The maximum atomic E-state index is 5.46. The highest BCUT2D eigenvalue weighted by atomic mass is 32.1. The number of hydrogen-bond donors (Lipinski definition) is 1. The molecule has 0 amide bonds. The van der Waals surface area contributed by atoms with Crippen LogP contribution in [0.4, 0.5) is 0 Å². The van der Waals surface area contributed by atoms with Gasteiger partial charge in [-0.2, -0.15) is 0 Å². The van der Waals surface area contributed by atoms with Crippen LogP contribution in [0.15, 0.2) is 5.38 Å². The highest BCUT2D eigenvalue weighted by molar-refractivity contribution is 7.09. The number of thiazole rings is 1. The minimum Gasteiger partial charge on any atom is -0.330 e. The van der Waals surface area contributed by atoms with Crippen molar-refractivity contribution < 1.29 is 0 Å². The summed E-state index contributed by atoms with van der Waals surface area (Å²) in [6.07, 6.45) is 2.10. The van der Waals surface area contributed by atoms with Gasteiger partial charge in [0.25, 0.3) is 0 Å². The van der Waals surface area contributed by atoms with Crippen molar-refractivity contribution in [3.8, 4) is 0 Å². The van der Waals surface area contributed by atoms with Crippen molar-refractivity contribution in [3.05, 3.63) is 16.1 Å². The summed E-state index contributed by atoms with van der Waals surface area (Å²) in [5, 5.41) is 3.38. The molecule has 0 fully saturated rings. The van der Waals surface area contributed by atoms with Gasteiger partial charge in [-0.15, -0.1) is 11.3 Å². The van der Waals surface area contributed by atoms with Gasteiger partial charge in [-0.3, -0.25) is 0 Å².